The minimum atomic E-state index is -0.235. The number of amides is 1. The fraction of sp³-hybridized carbons (Fsp3) is 0.615. The van der Waals surface area contributed by atoms with E-state index in [9.17, 15) is 4.79 Å². The van der Waals surface area contributed by atoms with Gasteiger partial charge in [0.15, 0.2) is 0 Å². The van der Waals surface area contributed by atoms with Gasteiger partial charge in [-0.05, 0) is 26.7 Å². The molecule has 1 aromatic heterocycles. The zero-order chi connectivity index (χ0) is 14.5. The van der Waals surface area contributed by atoms with Crippen LogP contribution in [0.1, 0.15) is 26.7 Å². The van der Waals surface area contributed by atoms with Crippen molar-refractivity contribution in [1.82, 2.24) is 14.9 Å². The van der Waals surface area contributed by atoms with Crippen molar-refractivity contribution in [3.63, 3.8) is 0 Å². The molecule has 1 fully saturated rings. The topological polar surface area (TPSA) is 67.3 Å². The molecule has 1 amide bonds. The van der Waals surface area contributed by atoms with Gasteiger partial charge < -0.3 is 15.0 Å². The number of hydrogen-bond donors (Lipinski definition) is 1. The Hall–Kier alpha value is -1.56. The van der Waals surface area contributed by atoms with E-state index in [2.05, 4.69) is 15.3 Å². The molecule has 1 N–H and O–H groups in total. The summed E-state index contributed by atoms with van der Waals surface area (Å²) in [5.41, 5.74) is 0. The summed E-state index contributed by atoms with van der Waals surface area (Å²) in [6.07, 6.45) is 4.52. The molecule has 0 saturated carbocycles. The van der Waals surface area contributed by atoms with Crippen LogP contribution in [0.3, 0.4) is 0 Å². The molecule has 1 aliphatic rings. The van der Waals surface area contributed by atoms with Gasteiger partial charge in [-0.1, -0.05) is 11.6 Å². The van der Waals surface area contributed by atoms with Crippen LogP contribution in [0, 0.1) is 0 Å². The minimum absolute atomic E-state index is 0.0833. The van der Waals surface area contributed by atoms with Crippen LogP contribution in [0.2, 0.25) is 5.15 Å². The lowest BCUT2D eigenvalue weighted by molar-refractivity contribution is 0.0701. The molecule has 2 rings (SSSR count). The number of nitrogens with one attached hydrogen (secondary N) is 1. The Bertz CT molecular complexity index is 461. The second-order valence-corrected chi connectivity index (χ2v) is 5.45. The summed E-state index contributed by atoms with van der Waals surface area (Å²) < 4.78 is 5.19. The Morgan fingerprint density at radius 1 is 1.45 bits per heavy atom. The highest BCUT2D eigenvalue weighted by atomic mass is 35.5. The summed E-state index contributed by atoms with van der Waals surface area (Å²) in [6.45, 7) is 5.06. The van der Waals surface area contributed by atoms with Gasteiger partial charge in [-0.2, -0.15) is 0 Å². The average molecular weight is 299 g/mol. The van der Waals surface area contributed by atoms with Gasteiger partial charge in [0.1, 0.15) is 11.0 Å². The van der Waals surface area contributed by atoms with Crippen LogP contribution < -0.4 is 5.32 Å². The fourth-order valence-electron chi connectivity index (χ4n) is 2.10. The SMILES string of the molecule is CC(C)OC(=O)N1CCC(Nc2cncc(Cl)n2)CC1. The number of rotatable bonds is 3. The molecule has 0 atom stereocenters. The van der Waals surface area contributed by atoms with Crippen molar-refractivity contribution in [2.75, 3.05) is 18.4 Å². The first kappa shape index (κ1) is 14.8. The predicted molar refractivity (Wildman–Crippen MR) is 76.9 cm³/mol. The number of ether oxygens (including phenoxy) is 1. The van der Waals surface area contributed by atoms with E-state index in [1.807, 2.05) is 13.8 Å². The third-order valence-corrected chi connectivity index (χ3v) is 3.23. The molecule has 0 spiro atoms. The largest absolute Gasteiger partial charge is 0.447 e. The monoisotopic (exact) mass is 298 g/mol. The highest BCUT2D eigenvalue weighted by Crippen LogP contribution is 2.16. The molecular formula is C13H19ClN4O2. The number of carbonyl (C=O) groups excluding carboxylic acids is 1. The Labute approximate surface area is 123 Å². The van der Waals surface area contributed by atoms with Gasteiger partial charge >= 0.3 is 6.09 Å². The summed E-state index contributed by atoms with van der Waals surface area (Å²) in [5.74, 6) is 0.667. The molecule has 1 saturated heterocycles. The maximum absolute atomic E-state index is 11.8. The zero-order valence-corrected chi connectivity index (χ0v) is 12.4. The molecular weight excluding hydrogens is 280 g/mol. The number of likely N-dealkylation sites (tertiary alicyclic amines) is 1. The van der Waals surface area contributed by atoms with Crippen molar-refractivity contribution >= 4 is 23.5 Å². The molecule has 7 heteroatoms. The van der Waals surface area contributed by atoms with E-state index in [1.54, 1.807) is 11.1 Å². The van der Waals surface area contributed by atoms with Gasteiger partial charge in [0.2, 0.25) is 0 Å². The molecule has 2 heterocycles. The summed E-state index contributed by atoms with van der Waals surface area (Å²) in [6, 6.07) is 0.269. The van der Waals surface area contributed by atoms with Gasteiger partial charge in [-0.15, -0.1) is 0 Å². The zero-order valence-electron chi connectivity index (χ0n) is 11.7. The number of piperidine rings is 1. The molecule has 0 radical (unpaired) electrons. The molecule has 6 nitrogen and oxygen atoms in total. The highest BCUT2D eigenvalue weighted by molar-refractivity contribution is 6.29. The van der Waals surface area contributed by atoms with Crippen molar-refractivity contribution in [3.05, 3.63) is 17.5 Å². The van der Waals surface area contributed by atoms with E-state index in [-0.39, 0.29) is 18.2 Å². The summed E-state index contributed by atoms with van der Waals surface area (Å²) in [7, 11) is 0. The molecule has 0 bridgehead atoms. The van der Waals surface area contributed by atoms with Crippen molar-refractivity contribution < 1.29 is 9.53 Å². The number of hydrogen-bond acceptors (Lipinski definition) is 5. The van der Waals surface area contributed by atoms with E-state index < -0.39 is 0 Å². The second kappa shape index (κ2) is 6.74. The molecule has 0 aliphatic carbocycles. The van der Waals surface area contributed by atoms with Crippen LogP contribution in [-0.2, 0) is 4.74 Å². The maximum atomic E-state index is 11.8. The lowest BCUT2D eigenvalue weighted by Crippen LogP contribution is -2.43. The Morgan fingerprint density at radius 3 is 2.75 bits per heavy atom. The normalized spacial score (nSPS) is 16.3. The summed E-state index contributed by atoms with van der Waals surface area (Å²) in [5, 5.41) is 3.65. The smallest absolute Gasteiger partial charge is 0.410 e. The highest BCUT2D eigenvalue weighted by Gasteiger charge is 2.24. The first-order valence-electron chi connectivity index (χ1n) is 6.74. The average Bonchev–Trinajstić information content (AvgIpc) is 2.38. The third kappa shape index (κ3) is 4.23. The Kier molecular flexibility index (Phi) is 5.00. The number of halogens is 1. The van der Waals surface area contributed by atoms with E-state index in [4.69, 9.17) is 16.3 Å². The quantitative estimate of drug-likeness (QED) is 0.929. The van der Waals surface area contributed by atoms with Gasteiger partial charge in [0, 0.05) is 19.1 Å². The summed E-state index contributed by atoms with van der Waals surface area (Å²) >= 11 is 5.79. The van der Waals surface area contributed by atoms with E-state index in [0.29, 0.717) is 24.1 Å². The molecule has 0 aromatic carbocycles. The first-order valence-corrected chi connectivity index (χ1v) is 7.12. The van der Waals surface area contributed by atoms with Gasteiger partial charge in [-0.25, -0.2) is 9.78 Å². The van der Waals surface area contributed by atoms with E-state index in [1.165, 1.54) is 6.20 Å². The van der Waals surface area contributed by atoms with Crippen LogP contribution in [0.25, 0.3) is 0 Å². The van der Waals surface area contributed by atoms with Crippen molar-refractivity contribution in [1.29, 1.82) is 0 Å². The lowest BCUT2D eigenvalue weighted by atomic mass is 10.1. The van der Waals surface area contributed by atoms with Gasteiger partial charge in [-0.3, -0.25) is 4.98 Å². The van der Waals surface area contributed by atoms with Crippen LogP contribution in [-0.4, -0.2) is 46.2 Å². The van der Waals surface area contributed by atoms with E-state index >= 15 is 0 Å². The van der Waals surface area contributed by atoms with E-state index in [0.717, 1.165) is 12.8 Å². The van der Waals surface area contributed by atoms with Crippen LogP contribution >= 0.6 is 11.6 Å². The van der Waals surface area contributed by atoms with Gasteiger partial charge in [0.25, 0.3) is 0 Å². The first-order chi connectivity index (χ1) is 9.54. The molecule has 110 valence electrons. The van der Waals surface area contributed by atoms with Crippen molar-refractivity contribution in [3.8, 4) is 0 Å². The van der Waals surface area contributed by atoms with Crippen LogP contribution in [0.5, 0.6) is 0 Å². The van der Waals surface area contributed by atoms with Gasteiger partial charge in [0.05, 0.1) is 18.5 Å². The predicted octanol–water partition coefficient (Wildman–Crippen LogP) is 2.55. The number of anilines is 1. The standard InChI is InChI=1S/C13H19ClN4O2/c1-9(2)20-13(19)18-5-3-10(4-6-18)16-12-8-15-7-11(14)17-12/h7-10H,3-6H2,1-2H3,(H,16,17). The minimum Gasteiger partial charge on any atom is -0.447 e. The molecule has 0 unspecified atom stereocenters. The Balaban J connectivity index is 1.81. The summed E-state index contributed by atoms with van der Waals surface area (Å²) in [4.78, 5) is 21.6. The molecule has 1 aliphatic heterocycles. The van der Waals surface area contributed by atoms with Crippen LogP contribution in [0.4, 0.5) is 10.6 Å². The van der Waals surface area contributed by atoms with Crippen LogP contribution in [0.15, 0.2) is 12.4 Å². The number of nitrogens with zero attached hydrogens (tertiary/aromatic N) is 3. The number of carbonyl (C=O) groups is 1. The fourth-order valence-corrected chi connectivity index (χ4v) is 2.25. The third-order valence-electron chi connectivity index (χ3n) is 3.05. The van der Waals surface area contributed by atoms with Crippen molar-refractivity contribution in [2.45, 2.75) is 38.8 Å². The second-order valence-electron chi connectivity index (χ2n) is 5.07. The lowest BCUT2D eigenvalue weighted by Gasteiger charge is -2.32. The maximum Gasteiger partial charge on any atom is 0.410 e. The Morgan fingerprint density at radius 2 is 2.15 bits per heavy atom. The number of aromatic nitrogens is 2. The molecule has 1 aromatic rings. The van der Waals surface area contributed by atoms with Crippen molar-refractivity contribution in [2.24, 2.45) is 0 Å². The molecule has 20 heavy (non-hydrogen) atoms.